The number of carbonyl (C=O) groups is 3. The molecule has 0 radical (unpaired) electrons. The minimum atomic E-state index is 0.492. The van der Waals surface area contributed by atoms with Gasteiger partial charge in [0.15, 0.2) is 0 Å². The molecule has 0 saturated heterocycles. The van der Waals surface area contributed by atoms with E-state index in [1.54, 1.807) is 0 Å². The standard InChI is InChI=1S/C43H76O3/c1-4-7-13-22-38(44)25-16-10-19-28-41-31-37-32-42(34-41,29-20-11-17-26-39(45)23-14-8-5-2)36-43(33-37,35-41)30-21-12-18-27-40(46)24-15-9-6-3/h37H,4-36H2,1-3H3. The number of rotatable bonds is 30. The first-order valence-electron chi connectivity index (χ1n) is 20.8. The lowest BCUT2D eigenvalue weighted by Gasteiger charge is -2.68. The van der Waals surface area contributed by atoms with Crippen LogP contribution in [0.25, 0.3) is 0 Å². The molecule has 0 aromatic heterocycles. The maximum atomic E-state index is 12.3. The molecule has 4 aliphatic rings. The fourth-order valence-electron chi connectivity index (χ4n) is 11.0. The number of Topliss-reactive ketones (excluding diaryl/α,β-unsaturated/α-hetero) is 3. The monoisotopic (exact) mass is 641 g/mol. The summed E-state index contributed by atoms with van der Waals surface area (Å²) in [5, 5.41) is 0. The van der Waals surface area contributed by atoms with Crippen molar-refractivity contribution in [1.29, 1.82) is 0 Å². The van der Waals surface area contributed by atoms with Gasteiger partial charge in [0.05, 0.1) is 0 Å². The SMILES string of the molecule is CCCCCC(=O)CCCCCC12CC3CC(CCCCCC(=O)CCCCC)(C1)CC(CCCCCC(=O)CCCCC)(C3)C2. The van der Waals surface area contributed by atoms with Gasteiger partial charge in [0.1, 0.15) is 17.3 Å². The Balaban J connectivity index is 1.51. The summed E-state index contributed by atoms with van der Waals surface area (Å²) in [6, 6.07) is 0. The Hall–Kier alpha value is -0.990. The van der Waals surface area contributed by atoms with E-state index in [4.69, 9.17) is 0 Å². The summed E-state index contributed by atoms with van der Waals surface area (Å²) in [7, 11) is 0. The first-order chi connectivity index (χ1) is 22.3. The maximum absolute atomic E-state index is 12.3. The molecule has 46 heavy (non-hydrogen) atoms. The Morgan fingerprint density at radius 1 is 0.391 bits per heavy atom. The summed E-state index contributed by atoms with van der Waals surface area (Å²) in [5.74, 6) is 2.39. The average molecular weight is 641 g/mol. The Bertz CT molecular complexity index is 766. The molecule has 4 bridgehead atoms. The molecule has 0 spiro atoms. The average Bonchev–Trinajstić information content (AvgIpc) is 3.00. The molecule has 3 nitrogen and oxygen atoms in total. The third-order valence-corrected chi connectivity index (χ3v) is 12.6. The van der Waals surface area contributed by atoms with Gasteiger partial charge in [0.2, 0.25) is 0 Å². The number of hydrogen-bond donors (Lipinski definition) is 0. The first kappa shape index (κ1) is 39.4. The summed E-state index contributed by atoms with van der Waals surface area (Å²) in [6.07, 6.45) is 38.9. The second kappa shape index (κ2) is 21.2. The molecule has 4 fully saturated rings. The summed E-state index contributed by atoms with van der Waals surface area (Å²) in [6.45, 7) is 6.63. The number of unbranched alkanes of at least 4 members (excludes halogenated alkanes) is 12. The fourth-order valence-corrected chi connectivity index (χ4v) is 11.0. The van der Waals surface area contributed by atoms with E-state index in [0.29, 0.717) is 33.6 Å². The minimum Gasteiger partial charge on any atom is -0.300 e. The van der Waals surface area contributed by atoms with E-state index in [2.05, 4.69) is 20.8 Å². The van der Waals surface area contributed by atoms with Crippen LogP contribution >= 0.6 is 0 Å². The Kier molecular flexibility index (Phi) is 18.2. The van der Waals surface area contributed by atoms with Crippen molar-refractivity contribution in [3.63, 3.8) is 0 Å². The number of hydrogen-bond acceptors (Lipinski definition) is 3. The van der Waals surface area contributed by atoms with Crippen LogP contribution in [-0.2, 0) is 14.4 Å². The normalized spacial score (nSPS) is 26.5. The van der Waals surface area contributed by atoms with Crippen molar-refractivity contribution >= 4 is 17.3 Å². The predicted octanol–water partition coefficient (Wildman–Crippen LogP) is 13.2. The largest absolute Gasteiger partial charge is 0.300 e. The molecule has 0 aromatic carbocycles. The van der Waals surface area contributed by atoms with Crippen LogP contribution in [-0.4, -0.2) is 17.3 Å². The van der Waals surface area contributed by atoms with Crippen LogP contribution in [0.15, 0.2) is 0 Å². The van der Waals surface area contributed by atoms with Gasteiger partial charge in [-0.25, -0.2) is 0 Å². The Morgan fingerprint density at radius 3 is 0.913 bits per heavy atom. The molecule has 3 heteroatoms. The summed E-state index contributed by atoms with van der Waals surface area (Å²) in [4.78, 5) is 37.0. The smallest absolute Gasteiger partial charge is 0.132 e. The summed E-state index contributed by atoms with van der Waals surface area (Å²) < 4.78 is 0. The van der Waals surface area contributed by atoms with Gasteiger partial charge >= 0.3 is 0 Å². The highest BCUT2D eigenvalue weighted by molar-refractivity contribution is 5.78. The van der Waals surface area contributed by atoms with Crippen LogP contribution in [0.3, 0.4) is 0 Å². The molecule has 0 unspecified atom stereocenters. The van der Waals surface area contributed by atoms with Crippen molar-refractivity contribution in [3.05, 3.63) is 0 Å². The zero-order chi connectivity index (χ0) is 33.1. The van der Waals surface area contributed by atoms with E-state index in [1.165, 1.54) is 135 Å². The molecule has 266 valence electrons. The third-order valence-electron chi connectivity index (χ3n) is 12.6. The molecule has 4 rings (SSSR count). The van der Waals surface area contributed by atoms with Gasteiger partial charge in [-0.2, -0.15) is 0 Å². The van der Waals surface area contributed by atoms with Crippen LogP contribution in [0.4, 0.5) is 0 Å². The molecular weight excluding hydrogens is 564 g/mol. The van der Waals surface area contributed by atoms with Crippen LogP contribution in [0.2, 0.25) is 0 Å². The minimum absolute atomic E-state index is 0.492. The molecule has 0 amide bonds. The van der Waals surface area contributed by atoms with E-state index in [1.807, 2.05) is 0 Å². The summed E-state index contributed by atoms with van der Waals surface area (Å²) in [5.41, 5.74) is 1.61. The highest BCUT2D eigenvalue weighted by Crippen LogP contribution is 2.73. The van der Waals surface area contributed by atoms with Gasteiger partial charge in [0.25, 0.3) is 0 Å². The van der Waals surface area contributed by atoms with Crippen molar-refractivity contribution in [2.75, 3.05) is 0 Å². The van der Waals surface area contributed by atoms with Gasteiger partial charge in [-0.1, -0.05) is 97.8 Å². The molecule has 4 aliphatic carbocycles. The van der Waals surface area contributed by atoms with Gasteiger partial charge in [-0.15, -0.1) is 0 Å². The zero-order valence-corrected chi connectivity index (χ0v) is 31.1. The van der Waals surface area contributed by atoms with E-state index < -0.39 is 0 Å². The van der Waals surface area contributed by atoms with Gasteiger partial charge in [-0.05, 0) is 118 Å². The second-order valence-electron chi connectivity index (χ2n) is 17.2. The molecule has 0 N–H and O–H groups in total. The molecule has 0 atom stereocenters. The number of carbonyl (C=O) groups excluding carboxylic acids is 3. The van der Waals surface area contributed by atoms with Crippen molar-refractivity contribution in [1.82, 2.24) is 0 Å². The highest BCUT2D eigenvalue weighted by atomic mass is 16.1. The van der Waals surface area contributed by atoms with Gasteiger partial charge < -0.3 is 0 Å². The molecule has 0 aliphatic heterocycles. The van der Waals surface area contributed by atoms with Crippen molar-refractivity contribution in [3.8, 4) is 0 Å². The van der Waals surface area contributed by atoms with E-state index in [0.717, 1.165) is 83.0 Å². The van der Waals surface area contributed by atoms with Crippen LogP contribution in [0.5, 0.6) is 0 Å². The maximum Gasteiger partial charge on any atom is 0.132 e. The van der Waals surface area contributed by atoms with E-state index in [-0.39, 0.29) is 0 Å². The lowest BCUT2D eigenvalue weighted by molar-refractivity contribution is -0.168. The predicted molar refractivity (Wildman–Crippen MR) is 195 cm³/mol. The van der Waals surface area contributed by atoms with E-state index >= 15 is 0 Å². The second-order valence-corrected chi connectivity index (χ2v) is 17.2. The quantitative estimate of drug-likeness (QED) is 0.0734. The Labute approximate surface area is 286 Å². The van der Waals surface area contributed by atoms with Crippen molar-refractivity contribution in [2.45, 2.75) is 233 Å². The van der Waals surface area contributed by atoms with Gasteiger partial charge in [-0.3, -0.25) is 14.4 Å². The lowest BCUT2D eigenvalue weighted by atomic mass is 9.37. The summed E-state index contributed by atoms with van der Waals surface area (Å²) >= 11 is 0. The molecule has 4 saturated carbocycles. The first-order valence-corrected chi connectivity index (χ1v) is 20.8. The topological polar surface area (TPSA) is 51.2 Å². The highest BCUT2D eigenvalue weighted by Gasteiger charge is 2.61. The van der Waals surface area contributed by atoms with E-state index in [9.17, 15) is 14.4 Å². The molecule has 0 aromatic rings. The van der Waals surface area contributed by atoms with Crippen LogP contribution < -0.4 is 0 Å². The Morgan fingerprint density at radius 2 is 0.652 bits per heavy atom. The molecular formula is C43H76O3. The van der Waals surface area contributed by atoms with Crippen molar-refractivity contribution in [2.24, 2.45) is 22.2 Å². The van der Waals surface area contributed by atoms with Crippen LogP contribution in [0.1, 0.15) is 233 Å². The lowest BCUT2D eigenvalue weighted by Crippen LogP contribution is -2.56. The van der Waals surface area contributed by atoms with Crippen LogP contribution in [0, 0.1) is 22.2 Å². The third kappa shape index (κ3) is 13.9. The zero-order valence-electron chi connectivity index (χ0n) is 31.1. The fraction of sp³-hybridized carbons (Fsp3) is 0.930. The molecule has 0 heterocycles. The van der Waals surface area contributed by atoms with Gasteiger partial charge in [0, 0.05) is 38.5 Å². The number of ketones is 3. The van der Waals surface area contributed by atoms with Crippen molar-refractivity contribution < 1.29 is 14.4 Å².